The largest absolute Gasteiger partial charge is 0.327 e. The van der Waals surface area contributed by atoms with E-state index >= 15 is 0 Å². The van der Waals surface area contributed by atoms with Gasteiger partial charge in [0.2, 0.25) is 0 Å². The van der Waals surface area contributed by atoms with Crippen LogP contribution in [0, 0.1) is 12.8 Å². The van der Waals surface area contributed by atoms with Crippen LogP contribution in [0.25, 0.3) is 0 Å². The van der Waals surface area contributed by atoms with Crippen LogP contribution < -0.4 is 5.73 Å². The lowest BCUT2D eigenvalue weighted by Gasteiger charge is -2.10. The van der Waals surface area contributed by atoms with Crippen LogP contribution in [0.1, 0.15) is 37.0 Å². The SMILES string of the molecule is CCc1cc(CC(N)C2CC2)nc(C)n1. The van der Waals surface area contributed by atoms with Crippen molar-refractivity contribution >= 4 is 0 Å². The van der Waals surface area contributed by atoms with Gasteiger partial charge in [0.15, 0.2) is 0 Å². The number of aromatic nitrogens is 2. The standard InChI is InChI=1S/C12H19N3/c1-3-10-6-11(15-8(2)14-10)7-12(13)9-4-5-9/h6,9,12H,3-5,7,13H2,1-2H3. The van der Waals surface area contributed by atoms with Crippen LogP contribution in [0.15, 0.2) is 6.07 Å². The summed E-state index contributed by atoms with van der Waals surface area (Å²) in [5.74, 6) is 1.61. The molecule has 0 amide bonds. The van der Waals surface area contributed by atoms with Crippen LogP contribution in [0.3, 0.4) is 0 Å². The maximum Gasteiger partial charge on any atom is 0.125 e. The Morgan fingerprint density at radius 3 is 2.67 bits per heavy atom. The Morgan fingerprint density at radius 1 is 1.40 bits per heavy atom. The number of nitrogens with two attached hydrogens (primary N) is 1. The summed E-state index contributed by atoms with van der Waals surface area (Å²) in [6, 6.07) is 2.39. The molecular weight excluding hydrogens is 186 g/mol. The molecule has 0 spiro atoms. The van der Waals surface area contributed by atoms with E-state index in [2.05, 4.69) is 23.0 Å². The zero-order chi connectivity index (χ0) is 10.8. The first-order valence-corrected chi connectivity index (χ1v) is 5.78. The molecule has 1 saturated carbocycles. The van der Waals surface area contributed by atoms with Gasteiger partial charge in [0.25, 0.3) is 0 Å². The van der Waals surface area contributed by atoms with E-state index < -0.39 is 0 Å². The molecule has 0 aliphatic heterocycles. The van der Waals surface area contributed by atoms with E-state index in [1.54, 1.807) is 0 Å². The van der Waals surface area contributed by atoms with Gasteiger partial charge in [0, 0.05) is 23.9 Å². The third-order valence-corrected chi connectivity index (χ3v) is 2.98. The number of aryl methyl sites for hydroxylation is 2. The van der Waals surface area contributed by atoms with E-state index in [-0.39, 0.29) is 0 Å². The van der Waals surface area contributed by atoms with Crippen LogP contribution in [-0.4, -0.2) is 16.0 Å². The fraction of sp³-hybridized carbons (Fsp3) is 0.667. The van der Waals surface area contributed by atoms with E-state index in [0.717, 1.165) is 36.0 Å². The second-order valence-electron chi connectivity index (χ2n) is 4.46. The maximum atomic E-state index is 6.09. The molecule has 1 aliphatic carbocycles. The summed E-state index contributed by atoms with van der Waals surface area (Å²) in [4.78, 5) is 8.81. The van der Waals surface area contributed by atoms with Crippen LogP contribution >= 0.6 is 0 Å². The lowest BCUT2D eigenvalue weighted by Crippen LogP contribution is -2.25. The summed E-state index contributed by atoms with van der Waals surface area (Å²) in [5.41, 5.74) is 8.33. The van der Waals surface area contributed by atoms with Crippen LogP contribution in [0.4, 0.5) is 0 Å². The van der Waals surface area contributed by atoms with Crippen LogP contribution in [0.5, 0.6) is 0 Å². The van der Waals surface area contributed by atoms with Gasteiger partial charge in [-0.2, -0.15) is 0 Å². The van der Waals surface area contributed by atoms with Crippen molar-refractivity contribution in [3.63, 3.8) is 0 Å². The molecule has 1 heterocycles. The van der Waals surface area contributed by atoms with E-state index in [1.807, 2.05) is 6.92 Å². The van der Waals surface area contributed by atoms with Gasteiger partial charge >= 0.3 is 0 Å². The minimum Gasteiger partial charge on any atom is -0.327 e. The molecule has 0 bridgehead atoms. The van der Waals surface area contributed by atoms with Crippen molar-refractivity contribution in [2.45, 2.75) is 45.6 Å². The molecule has 1 aromatic rings. The fourth-order valence-corrected chi connectivity index (χ4v) is 1.92. The van der Waals surface area contributed by atoms with Gasteiger partial charge in [-0.25, -0.2) is 9.97 Å². The number of hydrogen-bond donors (Lipinski definition) is 1. The topological polar surface area (TPSA) is 51.8 Å². The van der Waals surface area contributed by atoms with Gasteiger partial charge < -0.3 is 5.73 Å². The highest BCUT2D eigenvalue weighted by Crippen LogP contribution is 2.32. The summed E-state index contributed by atoms with van der Waals surface area (Å²) >= 11 is 0. The van der Waals surface area contributed by atoms with Crippen LogP contribution in [0.2, 0.25) is 0 Å². The van der Waals surface area contributed by atoms with Crippen molar-refractivity contribution in [3.05, 3.63) is 23.3 Å². The molecule has 2 rings (SSSR count). The van der Waals surface area contributed by atoms with Crippen molar-refractivity contribution in [2.75, 3.05) is 0 Å². The maximum absolute atomic E-state index is 6.09. The molecule has 0 radical (unpaired) electrons. The van der Waals surface area contributed by atoms with Crippen LogP contribution in [-0.2, 0) is 12.8 Å². The average molecular weight is 205 g/mol. The average Bonchev–Trinajstić information content (AvgIpc) is 2.99. The minimum absolute atomic E-state index is 0.295. The normalized spacial score (nSPS) is 17.8. The molecule has 15 heavy (non-hydrogen) atoms. The highest BCUT2D eigenvalue weighted by molar-refractivity contribution is 5.12. The monoisotopic (exact) mass is 205 g/mol. The molecule has 1 unspecified atom stereocenters. The predicted octanol–water partition coefficient (Wildman–Crippen LogP) is 1.63. The summed E-state index contributed by atoms with van der Waals surface area (Å²) in [6.45, 7) is 4.07. The highest BCUT2D eigenvalue weighted by Gasteiger charge is 2.28. The van der Waals surface area contributed by atoms with E-state index in [4.69, 9.17) is 5.73 Å². The zero-order valence-corrected chi connectivity index (χ0v) is 9.53. The molecule has 1 atom stereocenters. The van der Waals surface area contributed by atoms with Gasteiger partial charge in [-0.3, -0.25) is 0 Å². The van der Waals surface area contributed by atoms with E-state index in [0.29, 0.717) is 6.04 Å². The number of nitrogens with zero attached hydrogens (tertiary/aromatic N) is 2. The zero-order valence-electron chi connectivity index (χ0n) is 9.53. The Bertz CT molecular complexity index is 345. The second-order valence-corrected chi connectivity index (χ2v) is 4.46. The molecule has 2 N–H and O–H groups in total. The Labute approximate surface area is 91.1 Å². The molecule has 3 nitrogen and oxygen atoms in total. The first-order valence-electron chi connectivity index (χ1n) is 5.78. The lowest BCUT2D eigenvalue weighted by molar-refractivity contribution is 0.581. The number of rotatable bonds is 4. The van der Waals surface area contributed by atoms with Crippen molar-refractivity contribution in [3.8, 4) is 0 Å². The highest BCUT2D eigenvalue weighted by atomic mass is 14.9. The first kappa shape index (κ1) is 10.6. The third kappa shape index (κ3) is 2.75. The Morgan fingerprint density at radius 2 is 2.07 bits per heavy atom. The summed E-state index contributed by atoms with van der Waals surface area (Å²) in [5, 5.41) is 0. The first-order chi connectivity index (χ1) is 7.19. The predicted molar refractivity (Wildman–Crippen MR) is 60.6 cm³/mol. The third-order valence-electron chi connectivity index (χ3n) is 2.98. The summed E-state index contributed by atoms with van der Waals surface area (Å²) < 4.78 is 0. The minimum atomic E-state index is 0.295. The number of hydrogen-bond acceptors (Lipinski definition) is 3. The quantitative estimate of drug-likeness (QED) is 0.812. The van der Waals surface area contributed by atoms with Gasteiger partial charge in [-0.05, 0) is 38.2 Å². The fourth-order valence-electron chi connectivity index (χ4n) is 1.92. The Balaban J connectivity index is 2.08. The Hall–Kier alpha value is -0.960. The summed E-state index contributed by atoms with van der Waals surface area (Å²) in [6.07, 6.45) is 4.47. The molecular formula is C12H19N3. The molecule has 3 heteroatoms. The molecule has 1 fully saturated rings. The van der Waals surface area contributed by atoms with E-state index in [1.165, 1.54) is 12.8 Å². The van der Waals surface area contributed by atoms with Gasteiger partial charge in [0.05, 0.1) is 0 Å². The van der Waals surface area contributed by atoms with Gasteiger partial charge in [0.1, 0.15) is 5.82 Å². The molecule has 0 aromatic carbocycles. The summed E-state index contributed by atoms with van der Waals surface area (Å²) in [7, 11) is 0. The second kappa shape index (κ2) is 4.27. The molecule has 1 aliphatic rings. The van der Waals surface area contributed by atoms with Crippen molar-refractivity contribution in [2.24, 2.45) is 11.7 Å². The van der Waals surface area contributed by atoms with Gasteiger partial charge in [-0.1, -0.05) is 6.92 Å². The van der Waals surface area contributed by atoms with Crippen molar-refractivity contribution in [1.82, 2.24) is 9.97 Å². The molecule has 82 valence electrons. The Kier molecular flexibility index (Phi) is 3.00. The smallest absolute Gasteiger partial charge is 0.125 e. The van der Waals surface area contributed by atoms with Crippen molar-refractivity contribution < 1.29 is 0 Å². The molecule has 0 saturated heterocycles. The van der Waals surface area contributed by atoms with Gasteiger partial charge in [-0.15, -0.1) is 0 Å². The lowest BCUT2D eigenvalue weighted by atomic mass is 10.1. The molecule has 1 aromatic heterocycles. The van der Waals surface area contributed by atoms with Crippen molar-refractivity contribution in [1.29, 1.82) is 0 Å². The van der Waals surface area contributed by atoms with E-state index in [9.17, 15) is 0 Å².